The van der Waals surface area contributed by atoms with E-state index in [4.69, 9.17) is 14.2 Å². The van der Waals surface area contributed by atoms with Crippen LogP contribution in [0.25, 0.3) is 0 Å². The second kappa shape index (κ2) is 10.8. The molecule has 2 aliphatic heterocycles. The summed E-state index contributed by atoms with van der Waals surface area (Å²) in [6, 6.07) is 10.4. The minimum Gasteiger partial charge on any atom is -0.496 e. The van der Waals surface area contributed by atoms with Gasteiger partial charge in [-0.25, -0.2) is 4.98 Å². The highest BCUT2D eigenvalue weighted by Gasteiger charge is 2.42. The first kappa shape index (κ1) is 25.0. The number of hydrogen-bond acceptors (Lipinski definition) is 6. The summed E-state index contributed by atoms with van der Waals surface area (Å²) in [7, 11) is 3.36. The van der Waals surface area contributed by atoms with Crippen LogP contribution in [0.3, 0.4) is 0 Å². The third-order valence-corrected chi connectivity index (χ3v) is 8.41. The first-order valence-corrected chi connectivity index (χ1v) is 13.4. The van der Waals surface area contributed by atoms with Crippen LogP contribution >= 0.6 is 0 Å². The lowest BCUT2D eigenvalue weighted by Crippen LogP contribution is -2.50. The molecule has 2 saturated heterocycles. The van der Waals surface area contributed by atoms with E-state index in [1.54, 1.807) is 20.4 Å². The van der Waals surface area contributed by atoms with Crippen molar-refractivity contribution in [3.05, 3.63) is 53.2 Å². The number of methoxy groups -OCH3 is 2. The molecule has 0 spiro atoms. The summed E-state index contributed by atoms with van der Waals surface area (Å²) in [6.45, 7) is 3.62. The van der Waals surface area contributed by atoms with Gasteiger partial charge in [-0.1, -0.05) is 31.5 Å². The average Bonchev–Trinajstić information content (AvgIpc) is 3.34. The Morgan fingerprint density at radius 2 is 2.00 bits per heavy atom. The Kier molecular flexibility index (Phi) is 7.49. The molecule has 3 aliphatic rings. The van der Waals surface area contributed by atoms with Gasteiger partial charge in [0, 0.05) is 30.5 Å². The van der Waals surface area contributed by atoms with Gasteiger partial charge in [0.05, 0.1) is 26.4 Å². The van der Waals surface area contributed by atoms with Gasteiger partial charge < -0.3 is 19.1 Å². The first-order valence-electron chi connectivity index (χ1n) is 13.4. The van der Waals surface area contributed by atoms with Crippen molar-refractivity contribution >= 4 is 5.91 Å². The number of nitrogens with one attached hydrogen (secondary N) is 1. The lowest BCUT2D eigenvalue weighted by atomic mass is 9.66. The van der Waals surface area contributed by atoms with Crippen molar-refractivity contribution < 1.29 is 19.0 Å². The molecule has 1 amide bonds. The number of likely N-dealkylation sites (tertiary alicyclic amines) is 1. The molecule has 3 heterocycles. The number of amides is 1. The molecule has 7 nitrogen and oxygen atoms in total. The van der Waals surface area contributed by atoms with Crippen LogP contribution in [0.1, 0.15) is 81.0 Å². The van der Waals surface area contributed by atoms with Gasteiger partial charge in [-0.05, 0) is 68.1 Å². The summed E-state index contributed by atoms with van der Waals surface area (Å²) in [5.41, 5.74) is 3.72. The van der Waals surface area contributed by atoms with Crippen LogP contribution in [0.2, 0.25) is 0 Å². The van der Waals surface area contributed by atoms with Crippen molar-refractivity contribution in [2.24, 2.45) is 0 Å². The number of carbonyl (C=O) groups is 1. The topological polar surface area (TPSA) is 72.9 Å². The summed E-state index contributed by atoms with van der Waals surface area (Å²) in [5, 5.41) is 3.70. The number of rotatable bonds is 8. The molecule has 2 unspecified atom stereocenters. The molecule has 3 atom stereocenters. The van der Waals surface area contributed by atoms with E-state index < -0.39 is 0 Å². The number of benzene rings is 1. The standard InChI is InChI=1S/C29H39N3O4/c1-29(14-7-15-29)21-10-12-24(34-2)20(18-21)19-31-26-13-11-23(22-8-6-16-30-27(22)35-3)32(26)28(33)25-9-4-5-17-36-25/h6,8,10,12,16,18,23,25-26,31H,4-5,7,9,11,13-15,17,19H2,1-3H3/t23?,25-,26?/m0/s1. The third kappa shape index (κ3) is 4.83. The molecule has 0 bridgehead atoms. The normalized spacial score (nSPS) is 25.3. The quantitative estimate of drug-likeness (QED) is 0.565. The van der Waals surface area contributed by atoms with Crippen LogP contribution in [0, 0.1) is 0 Å². The molecule has 1 N–H and O–H groups in total. The fourth-order valence-corrected chi connectivity index (χ4v) is 6.07. The smallest absolute Gasteiger partial charge is 0.253 e. The number of hydrogen-bond donors (Lipinski definition) is 1. The number of carbonyl (C=O) groups excluding carboxylic acids is 1. The molecular weight excluding hydrogens is 454 g/mol. The van der Waals surface area contributed by atoms with Gasteiger partial charge in [0.25, 0.3) is 5.91 Å². The molecule has 0 radical (unpaired) electrons. The number of aromatic nitrogens is 1. The summed E-state index contributed by atoms with van der Waals surface area (Å²) in [6.07, 6.45) is 9.48. The van der Waals surface area contributed by atoms with Crippen molar-refractivity contribution in [2.75, 3.05) is 20.8 Å². The van der Waals surface area contributed by atoms with Crippen molar-refractivity contribution in [3.8, 4) is 11.6 Å². The minimum atomic E-state index is -0.386. The van der Waals surface area contributed by atoms with E-state index in [2.05, 4.69) is 35.4 Å². The molecule has 1 aromatic carbocycles. The Labute approximate surface area is 214 Å². The zero-order valence-corrected chi connectivity index (χ0v) is 21.8. The molecule has 1 saturated carbocycles. The highest BCUT2D eigenvalue weighted by molar-refractivity contribution is 5.82. The lowest BCUT2D eigenvalue weighted by Gasteiger charge is -2.39. The van der Waals surface area contributed by atoms with E-state index in [1.165, 1.54) is 24.8 Å². The third-order valence-electron chi connectivity index (χ3n) is 8.41. The molecule has 7 heteroatoms. The predicted octanol–water partition coefficient (Wildman–Crippen LogP) is 4.89. The number of ether oxygens (including phenoxy) is 3. The zero-order chi connectivity index (χ0) is 25.1. The van der Waals surface area contributed by atoms with Gasteiger partial charge >= 0.3 is 0 Å². The largest absolute Gasteiger partial charge is 0.496 e. The highest BCUT2D eigenvalue weighted by Crippen LogP contribution is 2.44. The molecule has 1 aromatic heterocycles. The van der Waals surface area contributed by atoms with Crippen LogP contribution in [0.4, 0.5) is 0 Å². The monoisotopic (exact) mass is 493 g/mol. The summed E-state index contributed by atoms with van der Waals surface area (Å²) < 4.78 is 17.2. The van der Waals surface area contributed by atoms with Crippen LogP contribution in [-0.4, -0.2) is 48.9 Å². The van der Waals surface area contributed by atoms with Crippen LogP contribution in [0.15, 0.2) is 36.5 Å². The maximum absolute atomic E-state index is 13.8. The van der Waals surface area contributed by atoms with Crippen molar-refractivity contribution in [1.29, 1.82) is 0 Å². The maximum Gasteiger partial charge on any atom is 0.253 e. The molecule has 194 valence electrons. The molecular formula is C29H39N3O4. The Morgan fingerprint density at radius 3 is 2.69 bits per heavy atom. The molecule has 3 fully saturated rings. The van der Waals surface area contributed by atoms with Gasteiger partial charge in [-0.15, -0.1) is 0 Å². The van der Waals surface area contributed by atoms with E-state index in [0.29, 0.717) is 19.0 Å². The Balaban J connectivity index is 1.40. The molecule has 2 aromatic rings. The van der Waals surface area contributed by atoms with Crippen LogP contribution in [-0.2, 0) is 21.5 Å². The maximum atomic E-state index is 13.8. The van der Waals surface area contributed by atoms with Gasteiger partial charge in [0.15, 0.2) is 0 Å². The molecule has 5 rings (SSSR count). The van der Waals surface area contributed by atoms with Gasteiger partial charge in [0.1, 0.15) is 11.9 Å². The molecule has 36 heavy (non-hydrogen) atoms. The van der Waals surface area contributed by atoms with Gasteiger partial charge in [-0.3, -0.25) is 10.1 Å². The Morgan fingerprint density at radius 1 is 1.14 bits per heavy atom. The Bertz CT molecular complexity index is 1060. The summed E-state index contributed by atoms with van der Waals surface area (Å²) in [4.78, 5) is 20.2. The first-order chi connectivity index (χ1) is 17.5. The fraction of sp³-hybridized carbons (Fsp3) is 0.586. The van der Waals surface area contributed by atoms with Crippen molar-refractivity contribution in [2.45, 2.75) is 88.6 Å². The van der Waals surface area contributed by atoms with E-state index in [-0.39, 0.29) is 29.6 Å². The second-order valence-corrected chi connectivity index (χ2v) is 10.6. The average molecular weight is 494 g/mol. The van der Waals surface area contributed by atoms with E-state index in [1.807, 2.05) is 17.0 Å². The summed E-state index contributed by atoms with van der Waals surface area (Å²) in [5.74, 6) is 1.52. The van der Waals surface area contributed by atoms with Crippen molar-refractivity contribution in [3.63, 3.8) is 0 Å². The highest BCUT2D eigenvalue weighted by atomic mass is 16.5. The second-order valence-electron chi connectivity index (χ2n) is 10.6. The van der Waals surface area contributed by atoms with E-state index in [0.717, 1.165) is 49.0 Å². The zero-order valence-electron chi connectivity index (χ0n) is 21.8. The van der Waals surface area contributed by atoms with Crippen LogP contribution < -0.4 is 14.8 Å². The SMILES string of the molecule is COc1ccc(C2(C)CCC2)cc1CNC1CCC(c2cccnc2OC)N1C(=O)[C@@H]1CCCCO1. The van der Waals surface area contributed by atoms with E-state index >= 15 is 0 Å². The number of nitrogens with zero attached hydrogens (tertiary/aromatic N) is 2. The predicted molar refractivity (Wildman–Crippen MR) is 138 cm³/mol. The van der Waals surface area contributed by atoms with Crippen LogP contribution in [0.5, 0.6) is 11.6 Å². The minimum absolute atomic E-state index is 0.0586. The lowest BCUT2D eigenvalue weighted by molar-refractivity contribution is -0.150. The van der Waals surface area contributed by atoms with Crippen molar-refractivity contribution in [1.82, 2.24) is 15.2 Å². The van der Waals surface area contributed by atoms with E-state index in [9.17, 15) is 4.79 Å². The number of pyridine rings is 1. The Hall–Kier alpha value is -2.64. The van der Waals surface area contributed by atoms with Gasteiger partial charge in [0.2, 0.25) is 5.88 Å². The van der Waals surface area contributed by atoms with Gasteiger partial charge in [-0.2, -0.15) is 0 Å². The summed E-state index contributed by atoms with van der Waals surface area (Å²) >= 11 is 0. The molecule has 1 aliphatic carbocycles. The fourth-order valence-electron chi connectivity index (χ4n) is 6.07.